The van der Waals surface area contributed by atoms with Crippen LogP contribution in [-0.2, 0) is 0 Å². The van der Waals surface area contributed by atoms with Crippen molar-refractivity contribution in [3.8, 4) is 16.9 Å². The van der Waals surface area contributed by atoms with Gasteiger partial charge < -0.3 is 10.5 Å². The number of hydrogen-bond acceptors (Lipinski definition) is 2. The van der Waals surface area contributed by atoms with Crippen molar-refractivity contribution >= 4 is 23.2 Å². The fraction of sp³-hybridized carbons (Fsp3) is 0.143. The normalized spacial score (nSPS) is 10.4. The number of ether oxygens (including phenoxy) is 1. The van der Waals surface area contributed by atoms with E-state index < -0.39 is 0 Å². The molecular formula is C14H13Cl2NO. The number of rotatable bonds is 4. The Balaban J connectivity index is 2.50. The quantitative estimate of drug-likeness (QED) is 0.920. The highest BCUT2D eigenvalue weighted by Gasteiger charge is 2.13. The molecule has 0 aliphatic rings. The van der Waals surface area contributed by atoms with E-state index in [1.807, 2.05) is 36.4 Å². The van der Waals surface area contributed by atoms with Crippen LogP contribution in [0.3, 0.4) is 0 Å². The Bertz CT molecular complexity index is 529. The maximum Gasteiger partial charge on any atom is 0.147 e. The van der Waals surface area contributed by atoms with Crippen LogP contribution in [0.25, 0.3) is 11.1 Å². The van der Waals surface area contributed by atoms with Gasteiger partial charge in [-0.25, -0.2) is 0 Å². The number of hydrogen-bond donors (Lipinski definition) is 1. The van der Waals surface area contributed by atoms with Gasteiger partial charge in [-0.1, -0.05) is 53.5 Å². The smallest absolute Gasteiger partial charge is 0.147 e. The van der Waals surface area contributed by atoms with Crippen molar-refractivity contribution in [1.29, 1.82) is 0 Å². The molecule has 0 amide bonds. The van der Waals surface area contributed by atoms with Crippen molar-refractivity contribution in [2.24, 2.45) is 5.73 Å². The van der Waals surface area contributed by atoms with Crippen molar-refractivity contribution in [3.63, 3.8) is 0 Å². The van der Waals surface area contributed by atoms with Crippen molar-refractivity contribution < 1.29 is 4.74 Å². The lowest BCUT2D eigenvalue weighted by molar-refractivity contribution is 0.330. The van der Waals surface area contributed by atoms with E-state index in [-0.39, 0.29) is 0 Å². The average molecular weight is 282 g/mol. The molecule has 0 unspecified atom stereocenters. The number of halogens is 2. The fourth-order valence-corrected chi connectivity index (χ4v) is 2.05. The Labute approximate surface area is 116 Å². The maximum atomic E-state index is 6.19. The zero-order valence-electron chi connectivity index (χ0n) is 9.70. The third-order valence-corrected chi connectivity index (χ3v) is 3.29. The lowest BCUT2D eigenvalue weighted by Gasteiger charge is -2.13. The fourth-order valence-electron chi connectivity index (χ4n) is 1.68. The minimum atomic E-state index is 0.403. The third kappa shape index (κ3) is 2.78. The third-order valence-electron chi connectivity index (χ3n) is 2.50. The molecule has 4 heteroatoms. The highest BCUT2D eigenvalue weighted by Crippen LogP contribution is 2.40. The molecule has 2 N–H and O–H groups in total. The standard InChI is InChI=1S/C14H13Cl2NO/c15-12-7-6-11(10-4-2-1-3-5-10)14(13(12)16)18-9-8-17/h1-7H,8-9,17H2. The van der Waals surface area contributed by atoms with E-state index >= 15 is 0 Å². The monoisotopic (exact) mass is 281 g/mol. The molecule has 0 spiro atoms. The van der Waals surface area contributed by atoms with Crippen LogP contribution >= 0.6 is 23.2 Å². The van der Waals surface area contributed by atoms with E-state index in [2.05, 4.69) is 0 Å². The number of benzene rings is 2. The Hall–Kier alpha value is -1.22. The predicted molar refractivity (Wildman–Crippen MR) is 76.4 cm³/mol. The first-order valence-electron chi connectivity index (χ1n) is 5.60. The molecule has 0 bridgehead atoms. The summed E-state index contributed by atoms with van der Waals surface area (Å²) in [6.07, 6.45) is 0. The molecule has 2 aromatic rings. The predicted octanol–water partition coefficient (Wildman–Crippen LogP) is 4.00. The van der Waals surface area contributed by atoms with Crippen LogP contribution in [0.4, 0.5) is 0 Å². The first-order valence-corrected chi connectivity index (χ1v) is 6.36. The first-order chi connectivity index (χ1) is 8.74. The summed E-state index contributed by atoms with van der Waals surface area (Å²) in [6, 6.07) is 13.5. The van der Waals surface area contributed by atoms with E-state index in [0.717, 1.165) is 11.1 Å². The van der Waals surface area contributed by atoms with Gasteiger partial charge in [0.15, 0.2) is 0 Å². The molecule has 0 aliphatic heterocycles. The summed E-state index contributed by atoms with van der Waals surface area (Å²) in [5.74, 6) is 0.584. The molecule has 0 heterocycles. The Morgan fingerprint density at radius 1 is 1.00 bits per heavy atom. The molecule has 0 fully saturated rings. The Morgan fingerprint density at radius 2 is 1.72 bits per heavy atom. The second kappa shape index (κ2) is 6.10. The van der Waals surface area contributed by atoms with E-state index in [0.29, 0.717) is 28.9 Å². The highest BCUT2D eigenvalue weighted by molar-refractivity contribution is 6.43. The molecule has 0 saturated carbocycles. The summed E-state index contributed by atoms with van der Waals surface area (Å²) in [5.41, 5.74) is 7.40. The second-order valence-electron chi connectivity index (χ2n) is 3.74. The molecule has 94 valence electrons. The van der Waals surface area contributed by atoms with Gasteiger partial charge in [0.05, 0.1) is 5.02 Å². The largest absolute Gasteiger partial charge is 0.490 e. The second-order valence-corrected chi connectivity index (χ2v) is 4.53. The minimum absolute atomic E-state index is 0.403. The van der Waals surface area contributed by atoms with Gasteiger partial charge in [-0.15, -0.1) is 0 Å². The molecule has 0 radical (unpaired) electrons. The van der Waals surface area contributed by atoms with Gasteiger partial charge >= 0.3 is 0 Å². The lowest BCUT2D eigenvalue weighted by atomic mass is 10.0. The van der Waals surface area contributed by atoms with E-state index in [1.165, 1.54) is 0 Å². The van der Waals surface area contributed by atoms with Gasteiger partial charge in [-0.05, 0) is 17.7 Å². The van der Waals surface area contributed by atoms with Gasteiger partial charge in [0.1, 0.15) is 17.4 Å². The van der Waals surface area contributed by atoms with Crippen LogP contribution < -0.4 is 10.5 Å². The molecule has 2 aromatic carbocycles. The summed E-state index contributed by atoms with van der Waals surface area (Å²) in [5, 5.41) is 0.898. The molecule has 0 atom stereocenters. The Morgan fingerprint density at radius 3 is 2.39 bits per heavy atom. The first kappa shape index (κ1) is 13.2. The molecule has 0 saturated heterocycles. The molecule has 18 heavy (non-hydrogen) atoms. The molecule has 2 rings (SSSR count). The Kier molecular flexibility index (Phi) is 4.48. The minimum Gasteiger partial charge on any atom is -0.490 e. The summed E-state index contributed by atoms with van der Waals surface area (Å²) < 4.78 is 5.61. The van der Waals surface area contributed by atoms with Gasteiger partial charge in [-0.2, -0.15) is 0 Å². The van der Waals surface area contributed by atoms with Crippen LogP contribution in [0.1, 0.15) is 0 Å². The number of nitrogens with two attached hydrogens (primary N) is 1. The van der Waals surface area contributed by atoms with E-state index in [1.54, 1.807) is 6.07 Å². The van der Waals surface area contributed by atoms with Crippen LogP contribution in [0, 0.1) is 0 Å². The molecular weight excluding hydrogens is 269 g/mol. The van der Waals surface area contributed by atoms with E-state index in [4.69, 9.17) is 33.7 Å². The van der Waals surface area contributed by atoms with Gasteiger partial charge in [0.25, 0.3) is 0 Å². The van der Waals surface area contributed by atoms with Gasteiger partial charge in [-0.3, -0.25) is 0 Å². The maximum absolute atomic E-state index is 6.19. The van der Waals surface area contributed by atoms with Crippen molar-refractivity contribution in [2.45, 2.75) is 0 Å². The van der Waals surface area contributed by atoms with Crippen molar-refractivity contribution in [2.75, 3.05) is 13.2 Å². The van der Waals surface area contributed by atoms with Gasteiger partial charge in [0.2, 0.25) is 0 Å². The van der Waals surface area contributed by atoms with Crippen LogP contribution in [0.5, 0.6) is 5.75 Å². The van der Waals surface area contributed by atoms with Crippen molar-refractivity contribution in [3.05, 3.63) is 52.5 Å². The zero-order chi connectivity index (χ0) is 13.0. The van der Waals surface area contributed by atoms with Crippen LogP contribution in [0.2, 0.25) is 10.0 Å². The van der Waals surface area contributed by atoms with Gasteiger partial charge in [0, 0.05) is 12.1 Å². The van der Waals surface area contributed by atoms with Crippen LogP contribution in [-0.4, -0.2) is 13.2 Å². The topological polar surface area (TPSA) is 35.2 Å². The summed E-state index contributed by atoms with van der Waals surface area (Å²) >= 11 is 12.2. The summed E-state index contributed by atoms with van der Waals surface area (Å²) in [7, 11) is 0. The average Bonchev–Trinajstić information content (AvgIpc) is 2.41. The zero-order valence-corrected chi connectivity index (χ0v) is 11.2. The van der Waals surface area contributed by atoms with Crippen molar-refractivity contribution in [1.82, 2.24) is 0 Å². The van der Waals surface area contributed by atoms with E-state index in [9.17, 15) is 0 Å². The molecule has 0 aromatic heterocycles. The highest BCUT2D eigenvalue weighted by atomic mass is 35.5. The lowest BCUT2D eigenvalue weighted by Crippen LogP contribution is -2.11. The molecule has 2 nitrogen and oxygen atoms in total. The molecule has 0 aliphatic carbocycles. The SMILES string of the molecule is NCCOc1c(-c2ccccc2)ccc(Cl)c1Cl. The van der Waals surface area contributed by atoms with Crippen LogP contribution in [0.15, 0.2) is 42.5 Å². The summed E-state index contributed by atoms with van der Waals surface area (Å²) in [6.45, 7) is 0.830. The summed E-state index contributed by atoms with van der Waals surface area (Å²) in [4.78, 5) is 0.